The van der Waals surface area contributed by atoms with Crippen molar-refractivity contribution in [3.63, 3.8) is 0 Å². The minimum absolute atomic E-state index is 0.100. The smallest absolute Gasteiger partial charge is 0.224 e. The van der Waals surface area contributed by atoms with Gasteiger partial charge in [0.25, 0.3) is 0 Å². The third-order valence-electron chi connectivity index (χ3n) is 5.89. The summed E-state index contributed by atoms with van der Waals surface area (Å²) in [7, 11) is 0. The summed E-state index contributed by atoms with van der Waals surface area (Å²) in [5.41, 5.74) is 0.575. The van der Waals surface area contributed by atoms with Gasteiger partial charge < -0.3 is 15.4 Å². The van der Waals surface area contributed by atoms with E-state index in [1.54, 1.807) is 10.8 Å². The van der Waals surface area contributed by atoms with Gasteiger partial charge in [0.05, 0.1) is 18.8 Å². The number of hydrogen-bond donors (Lipinski definition) is 2. The number of rotatable bonds is 5. The predicted molar refractivity (Wildman–Crippen MR) is 110 cm³/mol. The summed E-state index contributed by atoms with van der Waals surface area (Å²) >= 11 is 0. The third-order valence-corrected chi connectivity index (χ3v) is 5.89. The van der Waals surface area contributed by atoms with Crippen molar-refractivity contribution < 1.29 is 17.9 Å². The van der Waals surface area contributed by atoms with Gasteiger partial charge in [0, 0.05) is 24.8 Å². The molecule has 5 rings (SSSR count). The van der Waals surface area contributed by atoms with E-state index in [1.807, 2.05) is 0 Å². The highest BCUT2D eigenvalue weighted by atomic mass is 19.1. The molecule has 10 heteroatoms. The SMILES string of the molecule is Fc1cc(F)c(Nc2nc3cnc(NC4CCCCC4)nc3n2C2CCOC2)c(F)c1. The molecule has 31 heavy (non-hydrogen) atoms. The minimum Gasteiger partial charge on any atom is -0.379 e. The van der Waals surface area contributed by atoms with Gasteiger partial charge in [-0.05, 0) is 19.3 Å². The van der Waals surface area contributed by atoms with Gasteiger partial charge >= 0.3 is 0 Å². The Bertz CT molecular complexity index is 1070. The molecule has 1 saturated carbocycles. The zero-order valence-corrected chi connectivity index (χ0v) is 16.9. The number of ether oxygens (including phenoxy) is 1. The molecule has 1 aliphatic carbocycles. The predicted octanol–water partition coefficient (Wildman–Crippen LogP) is 4.69. The molecule has 2 N–H and O–H groups in total. The fourth-order valence-electron chi connectivity index (χ4n) is 4.32. The van der Waals surface area contributed by atoms with Gasteiger partial charge in [-0.2, -0.15) is 4.98 Å². The number of imidazole rings is 1. The first-order valence-electron chi connectivity index (χ1n) is 10.6. The molecule has 3 aromatic rings. The van der Waals surface area contributed by atoms with Crippen LogP contribution in [0.4, 0.5) is 30.8 Å². The van der Waals surface area contributed by atoms with Crippen molar-refractivity contribution >= 4 is 28.7 Å². The number of fused-ring (bicyclic) bond motifs is 1. The van der Waals surface area contributed by atoms with Crippen molar-refractivity contribution in [3.05, 3.63) is 35.8 Å². The number of benzene rings is 1. The molecule has 0 radical (unpaired) electrons. The van der Waals surface area contributed by atoms with E-state index in [2.05, 4.69) is 25.6 Å². The average molecular weight is 432 g/mol. The van der Waals surface area contributed by atoms with Crippen LogP contribution in [0.15, 0.2) is 18.3 Å². The van der Waals surface area contributed by atoms with E-state index in [4.69, 9.17) is 4.74 Å². The second kappa shape index (κ2) is 8.33. The highest BCUT2D eigenvalue weighted by Gasteiger charge is 2.26. The molecular formula is C21H23F3N6O. The van der Waals surface area contributed by atoms with Crippen molar-refractivity contribution in [2.75, 3.05) is 23.8 Å². The lowest BCUT2D eigenvalue weighted by molar-refractivity contribution is 0.187. The molecule has 1 aromatic carbocycles. The van der Waals surface area contributed by atoms with Crippen LogP contribution < -0.4 is 10.6 Å². The van der Waals surface area contributed by atoms with Crippen LogP contribution in [0.5, 0.6) is 0 Å². The first-order valence-corrected chi connectivity index (χ1v) is 10.6. The normalized spacial score (nSPS) is 19.8. The molecular weight excluding hydrogens is 409 g/mol. The maximum atomic E-state index is 14.2. The number of anilines is 3. The Kier molecular flexibility index (Phi) is 5.39. The molecule has 7 nitrogen and oxygen atoms in total. The number of nitrogens with one attached hydrogen (secondary N) is 2. The first kappa shape index (κ1) is 20.0. The van der Waals surface area contributed by atoms with Crippen LogP contribution in [0.25, 0.3) is 11.2 Å². The third kappa shape index (κ3) is 4.04. The van der Waals surface area contributed by atoms with E-state index < -0.39 is 23.1 Å². The quantitative estimate of drug-likeness (QED) is 0.609. The van der Waals surface area contributed by atoms with Crippen molar-refractivity contribution in [3.8, 4) is 0 Å². The van der Waals surface area contributed by atoms with Crippen molar-refractivity contribution in [1.29, 1.82) is 0 Å². The molecule has 164 valence electrons. The molecule has 2 fully saturated rings. The zero-order chi connectivity index (χ0) is 21.4. The molecule has 2 aliphatic rings. The fraction of sp³-hybridized carbons (Fsp3) is 0.476. The summed E-state index contributed by atoms with van der Waals surface area (Å²) in [6.07, 6.45) is 8.07. The first-order chi connectivity index (χ1) is 15.1. The fourth-order valence-corrected chi connectivity index (χ4v) is 4.32. The lowest BCUT2D eigenvalue weighted by Gasteiger charge is -2.22. The Hall–Kier alpha value is -2.88. The highest BCUT2D eigenvalue weighted by Crippen LogP contribution is 2.32. The van der Waals surface area contributed by atoms with E-state index >= 15 is 0 Å². The maximum Gasteiger partial charge on any atom is 0.224 e. The summed E-state index contributed by atoms with van der Waals surface area (Å²) in [5.74, 6) is -2.35. The van der Waals surface area contributed by atoms with Gasteiger partial charge in [0.15, 0.2) is 17.3 Å². The van der Waals surface area contributed by atoms with Crippen molar-refractivity contribution in [2.45, 2.75) is 50.6 Å². The maximum absolute atomic E-state index is 14.2. The largest absolute Gasteiger partial charge is 0.379 e. The summed E-state index contributed by atoms with van der Waals surface area (Å²) < 4.78 is 49.1. The van der Waals surface area contributed by atoms with E-state index in [1.165, 1.54) is 19.3 Å². The molecule has 1 atom stereocenters. The second-order valence-electron chi connectivity index (χ2n) is 8.07. The Morgan fingerprint density at radius 2 is 1.77 bits per heavy atom. The average Bonchev–Trinajstić information content (AvgIpc) is 3.38. The molecule has 1 saturated heterocycles. The molecule has 2 aromatic heterocycles. The molecule has 0 amide bonds. The van der Waals surface area contributed by atoms with Crippen LogP contribution in [0, 0.1) is 17.5 Å². The molecule has 0 spiro atoms. The lowest BCUT2D eigenvalue weighted by atomic mass is 9.96. The summed E-state index contributed by atoms with van der Waals surface area (Å²) in [6, 6.07) is 1.49. The molecule has 3 heterocycles. The highest BCUT2D eigenvalue weighted by molar-refractivity contribution is 5.76. The molecule has 1 unspecified atom stereocenters. The summed E-state index contributed by atoms with van der Waals surface area (Å²) in [4.78, 5) is 13.5. The van der Waals surface area contributed by atoms with E-state index in [0.717, 1.165) is 12.8 Å². The Morgan fingerprint density at radius 1 is 1.00 bits per heavy atom. The van der Waals surface area contributed by atoms with Crippen LogP contribution in [-0.2, 0) is 4.74 Å². The van der Waals surface area contributed by atoms with E-state index in [-0.39, 0.29) is 12.0 Å². The van der Waals surface area contributed by atoms with Gasteiger partial charge in [-0.1, -0.05) is 19.3 Å². The number of halogens is 3. The Balaban J connectivity index is 1.53. The van der Waals surface area contributed by atoms with Gasteiger partial charge in [0.2, 0.25) is 11.9 Å². The van der Waals surface area contributed by atoms with Gasteiger partial charge in [-0.15, -0.1) is 0 Å². The Labute approximate surface area is 177 Å². The monoisotopic (exact) mass is 432 g/mol. The van der Waals surface area contributed by atoms with E-state index in [9.17, 15) is 13.2 Å². The van der Waals surface area contributed by atoms with Crippen LogP contribution in [0.3, 0.4) is 0 Å². The number of aromatic nitrogens is 4. The summed E-state index contributed by atoms with van der Waals surface area (Å²) in [6.45, 7) is 1.01. The topological polar surface area (TPSA) is 76.9 Å². The van der Waals surface area contributed by atoms with E-state index in [0.29, 0.717) is 54.9 Å². The number of nitrogens with zero attached hydrogens (tertiary/aromatic N) is 4. The minimum atomic E-state index is -1.04. The second-order valence-corrected chi connectivity index (χ2v) is 8.07. The summed E-state index contributed by atoms with van der Waals surface area (Å²) in [5, 5.41) is 6.09. The van der Waals surface area contributed by atoms with Gasteiger partial charge in [-0.3, -0.25) is 4.57 Å². The van der Waals surface area contributed by atoms with Crippen molar-refractivity contribution in [1.82, 2.24) is 19.5 Å². The zero-order valence-electron chi connectivity index (χ0n) is 16.9. The van der Waals surface area contributed by atoms with Crippen LogP contribution in [0.1, 0.15) is 44.6 Å². The Morgan fingerprint density at radius 3 is 2.48 bits per heavy atom. The number of hydrogen-bond acceptors (Lipinski definition) is 6. The van der Waals surface area contributed by atoms with Crippen LogP contribution >= 0.6 is 0 Å². The van der Waals surface area contributed by atoms with Crippen molar-refractivity contribution in [2.24, 2.45) is 0 Å². The van der Waals surface area contributed by atoms with Crippen LogP contribution in [-0.4, -0.2) is 38.8 Å². The molecule has 1 aliphatic heterocycles. The van der Waals surface area contributed by atoms with Crippen LogP contribution in [0.2, 0.25) is 0 Å². The van der Waals surface area contributed by atoms with Gasteiger partial charge in [-0.25, -0.2) is 23.1 Å². The lowest BCUT2D eigenvalue weighted by Crippen LogP contribution is -2.23. The standard InChI is InChI=1S/C21H23F3N6O/c22-12-8-15(23)18(16(24)9-12)28-21-27-17-10-25-20(26-13-4-2-1-3-5-13)29-19(17)30(21)14-6-7-31-11-14/h8-10,13-14H,1-7,11H2,(H,27,28)(H,25,26,29). The molecule has 0 bridgehead atoms. The van der Waals surface area contributed by atoms with Gasteiger partial charge in [0.1, 0.15) is 17.0 Å².